The predicted octanol–water partition coefficient (Wildman–Crippen LogP) is 13.5. The van der Waals surface area contributed by atoms with Crippen LogP contribution in [0.15, 0.2) is 191 Å². The van der Waals surface area contributed by atoms with Crippen molar-refractivity contribution in [2.75, 3.05) is 5.32 Å². The molecule has 1 N–H and O–H groups in total. The van der Waals surface area contributed by atoms with E-state index in [2.05, 4.69) is 139 Å². The molecule has 1 aliphatic heterocycles. The van der Waals surface area contributed by atoms with Crippen molar-refractivity contribution in [2.45, 2.75) is 10.3 Å². The molecule has 0 radical (unpaired) electrons. The van der Waals surface area contributed by atoms with Gasteiger partial charge in [-0.05, 0) is 63.4 Å². The van der Waals surface area contributed by atoms with Gasteiger partial charge in [-0.2, -0.15) is 0 Å². The fourth-order valence-electron chi connectivity index (χ4n) is 7.77. The van der Waals surface area contributed by atoms with Crippen LogP contribution in [0.1, 0.15) is 10.9 Å². The number of hydrogen-bond donors (Lipinski definition) is 1. The maximum atomic E-state index is 6.51. The Kier molecular flexibility index (Phi) is 7.74. The van der Waals surface area contributed by atoms with Gasteiger partial charge in [-0.3, -0.25) is 0 Å². The van der Waals surface area contributed by atoms with Crippen LogP contribution in [0.5, 0.6) is 0 Å². The molecule has 0 saturated heterocycles. The second-order valence-corrected chi connectivity index (χ2v) is 15.2. The van der Waals surface area contributed by atoms with Crippen molar-refractivity contribution < 1.29 is 4.42 Å². The molecule has 1 aliphatic rings. The predicted molar refractivity (Wildman–Crippen MR) is 230 cm³/mol. The molecule has 0 spiro atoms. The first-order valence-electron chi connectivity index (χ1n) is 18.7. The van der Waals surface area contributed by atoms with Crippen molar-refractivity contribution in [3.8, 4) is 56.4 Å². The maximum absolute atomic E-state index is 6.51. The minimum atomic E-state index is 0.0673. The Morgan fingerprint density at radius 3 is 1.80 bits per heavy atom. The molecule has 8 aromatic carbocycles. The van der Waals surface area contributed by atoms with Gasteiger partial charge < -0.3 is 9.73 Å². The van der Waals surface area contributed by atoms with Crippen molar-refractivity contribution in [3.63, 3.8) is 0 Å². The third-order valence-electron chi connectivity index (χ3n) is 10.5. The highest BCUT2D eigenvalue weighted by Crippen LogP contribution is 2.55. The largest absolute Gasteiger partial charge is 0.456 e. The smallest absolute Gasteiger partial charge is 0.164 e. The molecule has 0 saturated carbocycles. The van der Waals surface area contributed by atoms with Gasteiger partial charge in [0.15, 0.2) is 17.5 Å². The number of nitrogens with zero attached hydrogens (tertiary/aromatic N) is 3. The van der Waals surface area contributed by atoms with Crippen LogP contribution < -0.4 is 5.32 Å². The van der Waals surface area contributed by atoms with Gasteiger partial charge >= 0.3 is 0 Å². The Morgan fingerprint density at radius 2 is 1.04 bits per heavy atom. The molecule has 56 heavy (non-hydrogen) atoms. The van der Waals surface area contributed by atoms with Gasteiger partial charge in [-0.15, -0.1) is 0 Å². The first-order valence-corrected chi connectivity index (χ1v) is 19.6. The zero-order valence-electron chi connectivity index (χ0n) is 30.1. The van der Waals surface area contributed by atoms with E-state index in [1.165, 1.54) is 21.6 Å². The number of para-hydroxylation sites is 1. The van der Waals surface area contributed by atoms with Crippen LogP contribution in [0.25, 0.3) is 89.1 Å². The standard InChI is InChI=1S/C50H32N4OS/c1-4-13-31(14-5-1)35-25-23-32-24-26-38(29-39(32)27-35)49-53-47(33-15-6-2-7-16-33)52-48(54-49)37-20-12-19-36(28-37)41-30-43-44(40-21-10-11-22-42(40)55-43)45-46(41)56-50(51-45)34-17-8-3-9-18-34/h1-30,50-51H. The summed E-state index contributed by atoms with van der Waals surface area (Å²) in [5, 5.41) is 8.45. The lowest BCUT2D eigenvalue weighted by molar-refractivity contribution is 0.669. The third-order valence-corrected chi connectivity index (χ3v) is 11.8. The van der Waals surface area contributed by atoms with Crippen molar-refractivity contribution in [1.29, 1.82) is 0 Å². The SMILES string of the molecule is c1ccc(-c2ccc3ccc(-c4nc(-c5ccccc5)nc(-c5cccc(-c6cc7oc8ccccc8c7c7c6SC(c6ccccc6)N7)c5)n4)cc3c2)cc1. The lowest BCUT2D eigenvalue weighted by Crippen LogP contribution is -2.00. The molecule has 0 fully saturated rings. The number of rotatable bonds is 6. The molecule has 2 aromatic heterocycles. The molecular formula is C50H32N4OS. The molecule has 0 amide bonds. The summed E-state index contributed by atoms with van der Waals surface area (Å²) >= 11 is 1.84. The first-order chi connectivity index (χ1) is 27.7. The average Bonchev–Trinajstić information content (AvgIpc) is 3.89. The first kappa shape index (κ1) is 32.4. The molecule has 1 unspecified atom stereocenters. The summed E-state index contributed by atoms with van der Waals surface area (Å²) in [5.41, 5.74) is 11.4. The van der Waals surface area contributed by atoms with Crippen molar-refractivity contribution in [3.05, 3.63) is 188 Å². The zero-order valence-corrected chi connectivity index (χ0v) is 30.9. The fourth-order valence-corrected chi connectivity index (χ4v) is 9.06. The zero-order chi connectivity index (χ0) is 37.0. The van der Waals surface area contributed by atoms with E-state index in [0.717, 1.165) is 66.2 Å². The topological polar surface area (TPSA) is 63.8 Å². The molecule has 10 aromatic rings. The van der Waals surface area contributed by atoms with Crippen LogP contribution in [0, 0.1) is 0 Å². The molecule has 1 atom stereocenters. The van der Waals surface area contributed by atoms with Crippen molar-refractivity contribution in [1.82, 2.24) is 15.0 Å². The quantitative estimate of drug-likeness (QED) is 0.183. The highest BCUT2D eigenvalue weighted by Gasteiger charge is 2.30. The summed E-state index contributed by atoms with van der Waals surface area (Å²) in [5.74, 6) is 1.87. The second kappa shape index (κ2) is 13.4. The molecule has 0 aliphatic carbocycles. The van der Waals surface area contributed by atoms with Crippen molar-refractivity contribution in [2.24, 2.45) is 0 Å². The molecule has 5 nitrogen and oxygen atoms in total. The summed E-state index contributed by atoms with van der Waals surface area (Å²) in [7, 11) is 0. The monoisotopic (exact) mass is 736 g/mol. The van der Waals surface area contributed by atoms with E-state index in [1.807, 2.05) is 60.3 Å². The molecule has 0 bridgehead atoms. The Bertz CT molecular complexity index is 3090. The molecule has 6 heteroatoms. The number of hydrogen-bond acceptors (Lipinski definition) is 6. The molecule has 3 heterocycles. The van der Waals surface area contributed by atoms with Crippen LogP contribution in [-0.2, 0) is 0 Å². The summed E-state index contributed by atoms with van der Waals surface area (Å²) in [6.45, 7) is 0. The lowest BCUT2D eigenvalue weighted by Gasteiger charge is -2.12. The molecule has 264 valence electrons. The molecule has 11 rings (SSSR count). The normalized spacial score (nSPS) is 13.6. The van der Waals surface area contributed by atoms with Gasteiger partial charge in [-0.25, -0.2) is 15.0 Å². The lowest BCUT2D eigenvalue weighted by atomic mass is 9.99. The second-order valence-electron chi connectivity index (χ2n) is 14.0. The Morgan fingerprint density at radius 1 is 0.446 bits per heavy atom. The summed E-state index contributed by atoms with van der Waals surface area (Å²) in [6, 6.07) is 63.3. The fraction of sp³-hybridized carbons (Fsp3) is 0.0200. The number of anilines is 1. The third kappa shape index (κ3) is 5.70. The highest BCUT2D eigenvalue weighted by molar-refractivity contribution is 8.00. The average molecular weight is 737 g/mol. The van der Waals surface area contributed by atoms with E-state index < -0.39 is 0 Å². The molecular weight excluding hydrogens is 705 g/mol. The van der Waals surface area contributed by atoms with Crippen LogP contribution in [0.4, 0.5) is 5.69 Å². The van der Waals surface area contributed by atoms with E-state index in [1.54, 1.807) is 0 Å². The van der Waals surface area contributed by atoms with Gasteiger partial charge in [0.25, 0.3) is 0 Å². The van der Waals surface area contributed by atoms with Gasteiger partial charge in [0.05, 0.1) is 11.1 Å². The van der Waals surface area contributed by atoms with Crippen molar-refractivity contribution >= 4 is 50.2 Å². The van der Waals surface area contributed by atoms with Crippen LogP contribution in [0.2, 0.25) is 0 Å². The number of furan rings is 1. The minimum absolute atomic E-state index is 0.0673. The Labute approximate surface area is 327 Å². The van der Waals surface area contributed by atoms with Crippen LogP contribution in [-0.4, -0.2) is 15.0 Å². The van der Waals surface area contributed by atoms with Crippen LogP contribution >= 0.6 is 11.8 Å². The number of thioether (sulfide) groups is 1. The summed E-state index contributed by atoms with van der Waals surface area (Å²) < 4.78 is 6.51. The number of fused-ring (bicyclic) bond motifs is 6. The summed E-state index contributed by atoms with van der Waals surface area (Å²) in [4.78, 5) is 16.5. The van der Waals surface area contributed by atoms with E-state index in [4.69, 9.17) is 19.4 Å². The number of benzene rings is 8. The highest BCUT2D eigenvalue weighted by atomic mass is 32.2. The van der Waals surface area contributed by atoms with Crippen LogP contribution in [0.3, 0.4) is 0 Å². The van der Waals surface area contributed by atoms with E-state index in [0.29, 0.717) is 17.5 Å². The van der Waals surface area contributed by atoms with Gasteiger partial charge in [0.1, 0.15) is 16.5 Å². The summed E-state index contributed by atoms with van der Waals surface area (Å²) in [6.07, 6.45) is 0. The number of aromatic nitrogens is 3. The van der Waals surface area contributed by atoms with Gasteiger partial charge in [0, 0.05) is 32.5 Å². The maximum Gasteiger partial charge on any atom is 0.164 e. The van der Waals surface area contributed by atoms with Gasteiger partial charge in [-0.1, -0.05) is 163 Å². The van der Waals surface area contributed by atoms with Gasteiger partial charge in [0.2, 0.25) is 0 Å². The minimum Gasteiger partial charge on any atom is -0.456 e. The Balaban J connectivity index is 1.05. The van der Waals surface area contributed by atoms with E-state index >= 15 is 0 Å². The van der Waals surface area contributed by atoms with E-state index in [9.17, 15) is 0 Å². The number of nitrogens with one attached hydrogen (secondary N) is 1. The Hall–Kier alpha value is -7.02. The van der Waals surface area contributed by atoms with E-state index in [-0.39, 0.29) is 5.37 Å².